The van der Waals surface area contributed by atoms with Gasteiger partial charge in [0.15, 0.2) is 0 Å². The number of aromatic carboxylic acids is 1. The number of carbonyl (C=O) groups is 1. The molecule has 0 aliphatic rings. The maximum atomic E-state index is 11.2. The Balaban J connectivity index is 3.07. The van der Waals surface area contributed by atoms with Crippen molar-refractivity contribution in [1.82, 2.24) is 4.98 Å². The van der Waals surface area contributed by atoms with Crippen LogP contribution in [0.4, 0.5) is 5.69 Å². The van der Waals surface area contributed by atoms with E-state index in [4.69, 9.17) is 14.9 Å². The number of carboxylic acids is 1. The van der Waals surface area contributed by atoms with E-state index in [9.17, 15) is 4.79 Å². The van der Waals surface area contributed by atoms with E-state index in [1.165, 1.54) is 6.20 Å². The van der Waals surface area contributed by atoms with Crippen LogP contribution in [0.25, 0.3) is 0 Å². The molecule has 0 radical (unpaired) electrons. The molecule has 0 aromatic carbocycles. The van der Waals surface area contributed by atoms with Crippen molar-refractivity contribution < 1.29 is 19.7 Å². The van der Waals surface area contributed by atoms with Crippen molar-refractivity contribution >= 4 is 11.7 Å². The normalized spacial score (nSPS) is 10.4. The topological polar surface area (TPSA) is 82.9 Å². The molecule has 0 amide bonds. The van der Waals surface area contributed by atoms with Gasteiger partial charge in [-0.15, -0.1) is 0 Å². The standard InChI is InChI=1S/C12H18N2O4/c1-9-7-11(10(8-13-9)12(16)17)14(3-5-15)4-6-18-2/h7-8,15H,3-6H2,1-2H3,(H,16,17). The third-order valence-corrected chi connectivity index (χ3v) is 2.53. The summed E-state index contributed by atoms with van der Waals surface area (Å²) < 4.78 is 4.98. The highest BCUT2D eigenvalue weighted by Gasteiger charge is 2.16. The van der Waals surface area contributed by atoms with Gasteiger partial charge in [0.05, 0.1) is 18.9 Å². The summed E-state index contributed by atoms with van der Waals surface area (Å²) in [5, 5.41) is 18.2. The molecule has 0 saturated heterocycles. The van der Waals surface area contributed by atoms with Gasteiger partial charge in [0.2, 0.25) is 0 Å². The molecule has 100 valence electrons. The molecule has 6 heteroatoms. The Bertz CT molecular complexity index is 409. The molecule has 2 N–H and O–H groups in total. The summed E-state index contributed by atoms with van der Waals surface area (Å²) >= 11 is 0. The third kappa shape index (κ3) is 3.68. The molecular weight excluding hydrogens is 236 g/mol. The molecule has 0 aliphatic carbocycles. The van der Waals surface area contributed by atoms with Gasteiger partial charge in [-0.3, -0.25) is 4.98 Å². The van der Waals surface area contributed by atoms with Gasteiger partial charge in [0, 0.05) is 32.1 Å². The predicted octanol–water partition coefficient (Wildman–Crippen LogP) is 0.533. The van der Waals surface area contributed by atoms with E-state index < -0.39 is 5.97 Å². The summed E-state index contributed by atoms with van der Waals surface area (Å²) in [6.45, 7) is 3.07. The van der Waals surface area contributed by atoms with Crippen LogP contribution in [-0.2, 0) is 4.74 Å². The molecule has 0 saturated carbocycles. The molecule has 0 fully saturated rings. The number of anilines is 1. The Kier molecular flexibility index (Phi) is 5.54. The first-order valence-electron chi connectivity index (χ1n) is 5.64. The van der Waals surface area contributed by atoms with Gasteiger partial charge < -0.3 is 19.8 Å². The molecule has 1 aromatic rings. The number of methoxy groups -OCH3 is 1. The summed E-state index contributed by atoms with van der Waals surface area (Å²) in [5.41, 5.74) is 1.42. The Labute approximate surface area is 106 Å². The fraction of sp³-hybridized carbons (Fsp3) is 0.500. The van der Waals surface area contributed by atoms with Crippen LogP contribution in [0.1, 0.15) is 16.1 Å². The van der Waals surface area contributed by atoms with Crippen molar-refractivity contribution in [2.24, 2.45) is 0 Å². The summed E-state index contributed by atoms with van der Waals surface area (Å²) in [4.78, 5) is 16.9. The lowest BCUT2D eigenvalue weighted by atomic mass is 10.2. The average molecular weight is 254 g/mol. The van der Waals surface area contributed by atoms with Crippen molar-refractivity contribution in [3.63, 3.8) is 0 Å². The number of aliphatic hydroxyl groups is 1. The highest BCUT2D eigenvalue weighted by Crippen LogP contribution is 2.20. The fourth-order valence-corrected chi connectivity index (χ4v) is 1.65. The van der Waals surface area contributed by atoms with Crippen molar-refractivity contribution in [3.05, 3.63) is 23.5 Å². The zero-order valence-electron chi connectivity index (χ0n) is 10.6. The van der Waals surface area contributed by atoms with E-state index in [0.29, 0.717) is 25.4 Å². The van der Waals surface area contributed by atoms with Crippen molar-refractivity contribution in [3.8, 4) is 0 Å². The van der Waals surface area contributed by atoms with Gasteiger partial charge in [-0.2, -0.15) is 0 Å². The van der Waals surface area contributed by atoms with Crippen LogP contribution in [0.5, 0.6) is 0 Å². The van der Waals surface area contributed by atoms with E-state index in [-0.39, 0.29) is 12.2 Å². The van der Waals surface area contributed by atoms with Gasteiger partial charge >= 0.3 is 5.97 Å². The first-order valence-corrected chi connectivity index (χ1v) is 5.64. The summed E-state index contributed by atoms with van der Waals surface area (Å²) in [7, 11) is 1.58. The Morgan fingerprint density at radius 3 is 2.78 bits per heavy atom. The summed E-state index contributed by atoms with van der Waals surface area (Å²) in [5.74, 6) is -1.03. The van der Waals surface area contributed by atoms with Crippen LogP contribution in [0.2, 0.25) is 0 Å². The second kappa shape index (κ2) is 6.93. The zero-order valence-corrected chi connectivity index (χ0v) is 10.6. The van der Waals surface area contributed by atoms with Crippen molar-refractivity contribution in [1.29, 1.82) is 0 Å². The monoisotopic (exact) mass is 254 g/mol. The molecule has 1 rings (SSSR count). The van der Waals surface area contributed by atoms with Crippen molar-refractivity contribution in [2.45, 2.75) is 6.92 Å². The number of hydrogen-bond acceptors (Lipinski definition) is 5. The second-order valence-corrected chi connectivity index (χ2v) is 3.85. The molecular formula is C12H18N2O4. The van der Waals surface area contributed by atoms with Gasteiger partial charge in [-0.05, 0) is 13.0 Å². The number of ether oxygens (including phenoxy) is 1. The maximum absolute atomic E-state index is 11.2. The van der Waals surface area contributed by atoms with Crippen LogP contribution in [0.15, 0.2) is 12.3 Å². The Hall–Kier alpha value is -1.66. The van der Waals surface area contributed by atoms with E-state index in [2.05, 4.69) is 4.98 Å². The number of aryl methyl sites for hydroxylation is 1. The van der Waals surface area contributed by atoms with Gasteiger partial charge in [-0.1, -0.05) is 0 Å². The van der Waals surface area contributed by atoms with Crippen LogP contribution in [0, 0.1) is 6.92 Å². The summed E-state index contributed by atoms with van der Waals surface area (Å²) in [6, 6.07) is 1.70. The zero-order chi connectivity index (χ0) is 13.5. The number of nitrogens with zero attached hydrogens (tertiary/aromatic N) is 2. The van der Waals surface area contributed by atoms with E-state index in [1.54, 1.807) is 25.0 Å². The SMILES string of the molecule is COCCN(CCO)c1cc(C)ncc1C(=O)O. The Morgan fingerprint density at radius 2 is 2.22 bits per heavy atom. The fourth-order valence-electron chi connectivity index (χ4n) is 1.65. The van der Waals surface area contributed by atoms with E-state index >= 15 is 0 Å². The second-order valence-electron chi connectivity index (χ2n) is 3.85. The minimum Gasteiger partial charge on any atom is -0.478 e. The predicted molar refractivity (Wildman–Crippen MR) is 67.1 cm³/mol. The lowest BCUT2D eigenvalue weighted by Gasteiger charge is -2.25. The smallest absolute Gasteiger partial charge is 0.339 e. The molecule has 1 aromatic heterocycles. The highest BCUT2D eigenvalue weighted by atomic mass is 16.5. The number of carboxylic acid groups (broad SMARTS) is 1. The van der Waals surface area contributed by atoms with Crippen LogP contribution in [-0.4, -0.2) is 54.6 Å². The van der Waals surface area contributed by atoms with Gasteiger partial charge in [-0.25, -0.2) is 4.79 Å². The molecule has 0 spiro atoms. The minimum atomic E-state index is -1.03. The maximum Gasteiger partial charge on any atom is 0.339 e. The van der Waals surface area contributed by atoms with Crippen molar-refractivity contribution in [2.75, 3.05) is 38.3 Å². The number of aliphatic hydroxyl groups excluding tert-OH is 1. The average Bonchev–Trinajstić information content (AvgIpc) is 2.34. The lowest BCUT2D eigenvalue weighted by molar-refractivity contribution is 0.0697. The largest absolute Gasteiger partial charge is 0.478 e. The molecule has 0 bridgehead atoms. The molecule has 0 unspecified atom stereocenters. The molecule has 18 heavy (non-hydrogen) atoms. The molecule has 0 aliphatic heterocycles. The first kappa shape index (κ1) is 14.4. The van der Waals surface area contributed by atoms with Crippen LogP contribution < -0.4 is 4.90 Å². The first-order chi connectivity index (χ1) is 8.60. The van der Waals surface area contributed by atoms with Crippen LogP contribution in [0.3, 0.4) is 0 Å². The quantitative estimate of drug-likeness (QED) is 0.738. The van der Waals surface area contributed by atoms with E-state index in [0.717, 1.165) is 5.69 Å². The minimum absolute atomic E-state index is 0.0514. The van der Waals surface area contributed by atoms with Gasteiger partial charge in [0.1, 0.15) is 5.56 Å². The molecule has 1 heterocycles. The van der Waals surface area contributed by atoms with E-state index in [1.807, 2.05) is 0 Å². The molecule has 0 atom stereocenters. The lowest BCUT2D eigenvalue weighted by Crippen LogP contribution is -2.31. The summed E-state index contributed by atoms with van der Waals surface area (Å²) in [6.07, 6.45) is 1.34. The molecule has 6 nitrogen and oxygen atoms in total. The van der Waals surface area contributed by atoms with Crippen LogP contribution >= 0.6 is 0 Å². The number of hydrogen-bond donors (Lipinski definition) is 2. The number of aromatic nitrogens is 1. The van der Waals surface area contributed by atoms with Gasteiger partial charge in [0.25, 0.3) is 0 Å². The Morgan fingerprint density at radius 1 is 1.50 bits per heavy atom. The third-order valence-electron chi connectivity index (χ3n) is 2.53. The number of rotatable bonds is 7. The highest BCUT2D eigenvalue weighted by molar-refractivity contribution is 5.94. The number of pyridine rings is 1.